The Morgan fingerprint density at radius 3 is 2.45 bits per heavy atom. The van der Waals surface area contributed by atoms with E-state index in [0.717, 1.165) is 23.4 Å². The molecule has 8 nitrogen and oxygen atoms in total. The lowest BCUT2D eigenvalue weighted by molar-refractivity contribution is -0.119. The summed E-state index contributed by atoms with van der Waals surface area (Å²) in [6.45, 7) is 8.81. The summed E-state index contributed by atoms with van der Waals surface area (Å²) in [4.78, 5) is 37.6. The maximum Gasteiger partial charge on any atom is 0.280 e. The van der Waals surface area contributed by atoms with Gasteiger partial charge in [-0.2, -0.15) is 0 Å². The molecule has 2 aliphatic heterocycles. The summed E-state index contributed by atoms with van der Waals surface area (Å²) in [7, 11) is 3.63. The number of carbonyl (C=O) groups excluding carboxylic acids is 2. The zero-order valence-electron chi connectivity index (χ0n) is 24.3. The first-order valence-corrected chi connectivity index (χ1v) is 14.5. The summed E-state index contributed by atoms with van der Waals surface area (Å²) in [6, 6.07) is 16.3. The molecule has 0 saturated carbocycles. The van der Waals surface area contributed by atoms with E-state index in [1.165, 1.54) is 0 Å². The molecule has 0 aliphatic carbocycles. The van der Waals surface area contributed by atoms with E-state index in [2.05, 4.69) is 17.1 Å². The summed E-state index contributed by atoms with van der Waals surface area (Å²) in [5.74, 6) is 0.398. The number of carbonyl (C=O) groups is 2. The van der Waals surface area contributed by atoms with Gasteiger partial charge in [-0.1, -0.05) is 35.3 Å². The van der Waals surface area contributed by atoms with Crippen LogP contribution in [-0.4, -0.2) is 42.1 Å². The van der Waals surface area contributed by atoms with Crippen LogP contribution in [0.25, 0.3) is 11.4 Å². The minimum Gasteiger partial charge on any atom is -0.496 e. The van der Waals surface area contributed by atoms with Crippen molar-refractivity contribution in [2.75, 3.05) is 35.8 Å². The number of benzene rings is 3. The molecule has 10 heteroatoms. The first kappa shape index (κ1) is 28.1. The van der Waals surface area contributed by atoms with Crippen molar-refractivity contribution in [3.8, 4) is 17.1 Å². The Bertz CT molecular complexity index is 1780. The molecule has 0 bridgehead atoms. The van der Waals surface area contributed by atoms with Crippen LogP contribution in [-0.2, 0) is 10.3 Å². The third kappa shape index (κ3) is 3.85. The van der Waals surface area contributed by atoms with E-state index in [-0.39, 0.29) is 17.6 Å². The van der Waals surface area contributed by atoms with E-state index < -0.39 is 11.4 Å². The van der Waals surface area contributed by atoms with Crippen LogP contribution in [0.2, 0.25) is 10.0 Å². The van der Waals surface area contributed by atoms with Gasteiger partial charge in [-0.05, 0) is 69.7 Å². The maximum absolute atomic E-state index is 14.6. The van der Waals surface area contributed by atoms with E-state index in [0.29, 0.717) is 44.3 Å². The number of rotatable bonds is 6. The minimum absolute atomic E-state index is 0.173. The third-order valence-electron chi connectivity index (χ3n) is 8.21. The summed E-state index contributed by atoms with van der Waals surface area (Å²) >= 11 is 12.8. The van der Waals surface area contributed by atoms with Crippen LogP contribution in [0.4, 0.5) is 17.1 Å². The summed E-state index contributed by atoms with van der Waals surface area (Å²) in [5, 5.41) is 3.93. The number of anilines is 3. The second-order valence-electron chi connectivity index (χ2n) is 10.9. The fourth-order valence-corrected chi connectivity index (χ4v) is 6.45. The summed E-state index contributed by atoms with van der Waals surface area (Å²) in [6.07, 6.45) is 0. The highest BCUT2D eigenvalue weighted by atomic mass is 35.5. The van der Waals surface area contributed by atoms with Crippen molar-refractivity contribution in [1.82, 2.24) is 9.55 Å². The number of fused-ring (bicyclic) bond motifs is 4. The maximum atomic E-state index is 14.6. The number of nitrogens with one attached hydrogen (secondary N) is 1. The van der Waals surface area contributed by atoms with E-state index >= 15 is 0 Å². The third-order valence-corrected chi connectivity index (χ3v) is 8.68. The lowest BCUT2D eigenvalue weighted by Crippen LogP contribution is -2.51. The van der Waals surface area contributed by atoms with Gasteiger partial charge in [-0.15, -0.1) is 0 Å². The highest BCUT2D eigenvalue weighted by Crippen LogP contribution is 2.55. The molecular formula is C32H31Cl2N5O3. The summed E-state index contributed by atoms with van der Waals surface area (Å²) in [5.41, 5.74) is 3.34. The number of amides is 2. The molecule has 1 atom stereocenters. The lowest BCUT2D eigenvalue weighted by atomic mass is 9.86. The molecule has 3 heterocycles. The second kappa shape index (κ2) is 10.1. The van der Waals surface area contributed by atoms with E-state index in [4.69, 9.17) is 32.9 Å². The Labute approximate surface area is 254 Å². The molecule has 0 radical (unpaired) electrons. The number of aryl methyl sites for hydroxylation is 1. The Morgan fingerprint density at radius 2 is 1.76 bits per heavy atom. The summed E-state index contributed by atoms with van der Waals surface area (Å²) < 4.78 is 7.82. The quantitative estimate of drug-likeness (QED) is 0.255. The normalized spacial score (nSPS) is 17.2. The number of imidazole rings is 1. The van der Waals surface area contributed by atoms with Gasteiger partial charge in [0.15, 0.2) is 11.2 Å². The molecule has 0 saturated heterocycles. The SMILES string of the molecule is CCN(C)c1ccc(-c2nc3c(n2C(C)C)C2(C(=O)Nc4cc(Cl)ccc42)N(c2cc(Cl)ccc2C)C3=O)c(OC)c1. The van der Waals surface area contributed by atoms with E-state index in [1.807, 2.05) is 56.7 Å². The highest BCUT2D eigenvalue weighted by molar-refractivity contribution is 6.32. The molecule has 1 N–H and O–H groups in total. The van der Waals surface area contributed by atoms with Crippen LogP contribution in [0.15, 0.2) is 54.6 Å². The smallest absolute Gasteiger partial charge is 0.280 e. The number of methoxy groups -OCH3 is 1. The highest BCUT2D eigenvalue weighted by Gasteiger charge is 2.64. The largest absolute Gasteiger partial charge is 0.496 e. The first-order valence-electron chi connectivity index (χ1n) is 13.8. The number of nitrogens with zero attached hydrogens (tertiary/aromatic N) is 4. The van der Waals surface area contributed by atoms with Crippen LogP contribution >= 0.6 is 23.2 Å². The zero-order chi connectivity index (χ0) is 30.1. The van der Waals surface area contributed by atoms with Crippen molar-refractivity contribution in [2.24, 2.45) is 0 Å². The molecule has 42 heavy (non-hydrogen) atoms. The van der Waals surface area contributed by atoms with Gasteiger partial charge >= 0.3 is 0 Å². The molecule has 0 fully saturated rings. The average molecular weight is 605 g/mol. The van der Waals surface area contributed by atoms with Gasteiger partial charge in [-0.25, -0.2) is 4.98 Å². The van der Waals surface area contributed by atoms with Gasteiger partial charge in [0.1, 0.15) is 11.6 Å². The van der Waals surface area contributed by atoms with Crippen molar-refractivity contribution in [3.05, 3.63) is 87.2 Å². The minimum atomic E-state index is -1.55. The van der Waals surface area contributed by atoms with Crippen LogP contribution in [0.1, 0.15) is 54.1 Å². The number of aromatic nitrogens is 2. The van der Waals surface area contributed by atoms with Gasteiger partial charge < -0.3 is 19.5 Å². The first-order chi connectivity index (χ1) is 20.0. The van der Waals surface area contributed by atoms with Crippen LogP contribution < -0.4 is 19.9 Å². The molecule has 1 aromatic heterocycles. The van der Waals surface area contributed by atoms with Crippen molar-refractivity contribution in [2.45, 2.75) is 39.3 Å². The standard InChI is InChI=1S/C32H31Cl2N5O3/c1-7-37(5)21-11-12-22(26(16-21)42-6)29-36-27-28(38(29)17(2)3)32(23-13-10-19(33)14-24(23)35-31(32)41)39(30(27)40)25-15-20(34)9-8-18(25)4/h8-17H,7H2,1-6H3,(H,35,41). The molecule has 2 aliphatic rings. The molecule has 1 spiro atoms. The predicted molar refractivity (Wildman–Crippen MR) is 167 cm³/mol. The fraction of sp³-hybridized carbons (Fsp3) is 0.281. The van der Waals surface area contributed by atoms with Gasteiger partial charge in [-0.3, -0.25) is 14.5 Å². The van der Waals surface area contributed by atoms with Crippen LogP contribution in [0.5, 0.6) is 5.75 Å². The fourth-order valence-electron chi connectivity index (χ4n) is 6.11. The van der Waals surface area contributed by atoms with Gasteiger partial charge in [0.25, 0.3) is 11.8 Å². The Balaban J connectivity index is 1.70. The molecule has 1 unspecified atom stereocenters. The Morgan fingerprint density at radius 1 is 1.05 bits per heavy atom. The van der Waals surface area contributed by atoms with E-state index in [9.17, 15) is 9.59 Å². The number of halogens is 2. The van der Waals surface area contributed by atoms with E-state index in [1.54, 1.807) is 42.3 Å². The van der Waals surface area contributed by atoms with Gasteiger partial charge in [0, 0.05) is 52.7 Å². The number of ether oxygens (including phenoxy) is 1. The Kier molecular flexibility index (Phi) is 6.74. The predicted octanol–water partition coefficient (Wildman–Crippen LogP) is 7.07. The van der Waals surface area contributed by atoms with Gasteiger partial charge in [0.2, 0.25) is 0 Å². The number of hydrogen-bond acceptors (Lipinski definition) is 5. The lowest BCUT2D eigenvalue weighted by Gasteiger charge is -2.36. The van der Waals surface area contributed by atoms with Crippen LogP contribution in [0, 0.1) is 6.92 Å². The average Bonchev–Trinajstić information content (AvgIpc) is 3.57. The van der Waals surface area contributed by atoms with Crippen molar-refractivity contribution < 1.29 is 14.3 Å². The Hall–Kier alpha value is -4.01. The topological polar surface area (TPSA) is 79.7 Å². The van der Waals surface area contributed by atoms with Crippen molar-refractivity contribution in [3.63, 3.8) is 0 Å². The second-order valence-corrected chi connectivity index (χ2v) is 11.8. The zero-order valence-corrected chi connectivity index (χ0v) is 25.8. The molecule has 216 valence electrons. The van der Waals surface area contributed by atoms with Crippen molar-refractivity contribution >= 4 is 52.1 Å². The molecule has 6 rings (SSSR count). The van der Waals surface area contributed by atoms with Crippen LogP contribution in [0.3, 0.4) is 0 Å². The number of hydrogen-bond donors (Lipinski definition) is 1. The molecular weight excluding hydrogens is 573 g/mol. The molecule has 3 aromatic carbocycles. The molecule has 4 aromatic rings. The van der Waals surface area contributed by atoms with Gasteiger partial charge in [0.05, 0.1) is 24.1 Å². The monoisotopic (exact) mass is 603 g/mol. The van der Waals surface area contributed by atoms with Crippen molar-refractivity contribution in [1.29, 1.82) is 0 Å². The molecule has 2 amide bonds.